The third-order valence-corrected chi connectivity index (χ3v) is 6.36. The van der Waals surface area contributed by atoms with Gasteiger partial charge in [-0.25, -0.2) is 4.79 Å². The van der Waals surface area contributed by atoms with Crippen molar-refractivity contribution in [2.75, 3.05) is 18.4 Å². The van der Waals surface area contributed by atoms with E-state index in [2.05, 4.69) is 16.0 Å². The summed E-state index contributed by atoms with van der Waals surface area (Å²) < 4.78 is 0. The molecule has 3 aliphatic heterocycles. The number of nitrogens with one attached hydrogen (secondary N) is 3. The topological polar surface area (TPSA) is 128 Å². The second kappa shape index (κ2) is 8.62. The average Bonchev–Trinajstić information content (AvgIpc) is 3.15. The van der Waals surface area contributed by atoms with Gasteiger partial charge in [0, 0.05) is 37.3 Å². The predicted octanol–water partition coefficient (Wildman–Crippen LogP) is 1.15. The molecular formula is C24H23N5O5. The largest absolute Gasteiger partial charge is 0.352 e. The first-order valence-corrected chi connectivity index (χ1v) is 11.1. The normalized spacial score (nSPS) is 22.2. The summed E-state index contributed by atoms with van der Waals surface area (Å²) in [6.07, 6.45) is 0.468. The molecule has 0 radical (unpaired) electrons. The molecule has 2 fully saturated rings. The highest BCUT2D eigenvalue weighted by Crippen LogP contribution is 2.30. The molecule has 2 saturated heterocycles. The smallest absolute Gasteiger partial charge is 0.322 e. The monoisotopic (exact) mass is 461 g/mol. The number of benzene rings is 2. The van der Waals surface area contributed by atoms with Crippen molar-refractivity contribution in [1.29, 1.82) is 0 Å². The molecule has 2 aromatic rings. The van der Waals surface area contributed by atoms with E-state index in [1.807, 2.05) is 18.2 Å². The Bertz CT molecular complexity index is 1200. The van der Waals surface area contributed by atoms with Crippen LogP contribution >= 0.6 is 0 Å². The fourth-order valence-electron chi connectivity index (χ4n) is 4.70. The molecule has 6 amide bonds. The molecule has 34 heavy (non-hydrogen) atoms. The number of hydrogen-bond donors (Lipinski definition) is 3. The maximum Gasteiger partial charge on any atom is 0.322 e. The van der Waals surface area contributed by atoms with Crippen LogP contribution in [0.1, 0.15) is 40.4 Å². The van der Waals surface area contributed by atoms with Crippen LogP contribution in [0, 0.1) is 0 Å². The third kappa shape index (κ3) is 3.87. The standard InChI is InChI=1S/C24H23N5O5/c30-19-9-8-18(21(31)27-19)29-13-15-12-16(6-7-17(15)23(29)33)26-24(34)28-11-10-25-22(32)20(28)14-4-2-1-3-5-14/h1-7,12,18,20H,8-11,13H2,(H,25,32)(H,26,34)(H,27,30,31). The Balaban J connectivity index is 1.32. The molecule has 0 bridgehead atoms. The Morgan fingerprint density at radius 1 is 1.00 bits per heavy atom. The third-order valence-electron chi connectivity index (χ3n) is 6.36. The van der Waals surface area contributed by atoms with Crippen molar-refractivity contribution in [3.05, 3.63) is 65.2 Å². The van der Waals surface area contributed by atoms with Crippen molar-refractivity contribution in [1.82, 2.24) is 20.4 Å². The molecule has 0 aliphatic carbocycles. The van der Waals surface area contributed by atoms with Gasteiger partial charge in [-0.3, -0.25) is 24.5 Å². The number of imide groups is 1. The first-order chi connectivity index (χ1) is 16.4. The van der Waals surface area contributed by atoms with Crippen LogP contribution in [0.3, 0.4) is 0 Å². The molecule has 2 atom stereocenters. The summed E-state index contributed by atoms with van der Waals surface area (Å²) in [5.74, 6) is -1.33. The highest BCUT2D eigenvalue weighted by atomic mass is 16.2. The zero-order valence-corrected chi connectivity index (χ0v) is 18.2. The van der Waals surface area contributed by atoms with Gasteiger partial charge in [-0.15, -0.1) is 0 Å². The molecule has 3 aliphatic rings. The molecule has 5 rings (SSSR count). The van der Waals surface area contributed by atoms with Crippen LogP contribution in [0.5, 0.6) is 0 Å². The van der Waals surface area contributed by atoms with Crippen LogP contribution in [0.4, 0.5) is 10.5 Å². The summed E-state index contributed by atoms with van der Waals surface area (Å²) in [6, 6.07) is 12.2. The quantitative estimate of drug-likeness (QED) is 0.591. The maximum atomic E-state index is 13.1. The molecule has 2 unspecified atom stereocenters. The van der Waals surface area contributed by atoms with Gasteiger partial charge in [0.05, 0.1) is 0 Å². The number of urea groups is 1. The summed E-state index contributed by atoms with van der Waals surface area (Å²) in [5.41, 5.74) is 2.35. The second-order valence-electron chi connectivity index (χ2n) is 8.50. The van der Waals surface area contributed by atoms with Gasteiger partial charge < -0.3 is 20.4 Å². The number of rotatable bonds is 3. The molecule has 10 heteroatoms. The van der Waals surface area contributed by atoms with Crippen molar-refractivity contribution >= 4 is 35.3 Å². The van der Waals surface area contributed by atoms with E-state index in [0.29, 0.717) is 35.5 Å². The Kier molecular flexibility index (Phi) is 5.48. The predicted molar refractivity (Wildman–Crippen MR) is 120 cm³/mol. The zero-order chi connectivity index (χ0) is 23.8. The summed E-state index contributed by atoms with van der Waals surface area (Å²) in [6.45, 7) is 0.919. The Morgan fingerprint density at radius 2 is 1.79 bits per heavy atom. The second-order valence-corrected chi connectivity index (χ2v) is 8.50. The van der Waals surface area contributed by atoms with Gasteiger partial charge in [-0.2, -0.15) is 0 Å². The van der Waals surface area contributed by atoms with Gasteiger partial charge in [0.2, 0.25) is 17.7 Å². The fraction of sp³-hybridized carbons (Fsp3) is 0.292. The van der Waals surface area contributed by atoms with Gasteiger partial charge in [0.1, 0.15) is 12.1 Å². The number of piperazine rings is 1. The Labute approximate surface area is 195 Å². The molecule has 3 heterocycles. The van der Waals surface area contributed by atoms with Crippen molar-refractivity contribution in [3.8, 4) is 0 Å². The minimum absolute atomic E-state index is 0.184. The molecule has 10 nitrogen and oxygen atoms in total. The van der Waals surface area contributed by atoms with Gasteiger partial charge in [0.25, 0.3) is 5.91 Å². The Hall–Kier alpha value is -4.21. The van der Waals surface area contributed by atoms with Crippen molar-refractivity contribution in [3.63, 3.8) is 0 Å². The lowest BCUT2D eigenvalue weighted by molar-refractivity contribution is -0.137. The maximum absolute atomic E-state index is 13.1. The highest BCUT2D eigenvalue weighted by molar-refractivity contribution is 6.05. The molecule has 174 valence electrons. The van der Waals surface area contributed by atoms with E-state index < -0.39 is 24.0 Å². The fourth-order valence-corrected chi connectivity index (χ4v) is 4.70. The van der Waals surface area contributed by atoms with Gasteiger partial charge in [-0.05, 0) is 35.7 Å². The molecule has 2 aromatic carbocycles. The van der Waals surface area contributed by atoms with E-state index in [4.69, 9.17) is 0 Å². The van der Waals surface area contributed by atoms with E-state index in [9.17, 15) is 24.0 Å². The number of anilines is 1. The number of nitrogens with zero attached hydrogens (tertiary/aromatic N) is 2. The first kappa shape index (κ1) is 21.6. The highest BCUT2D eigenvalue weighted by Gasteiger charge is 2.39. The van der Waals surface area contributed by atoms with Crippen molar-refractivity contribution < 1.29 is 24.0 Å². The van der Waals surface area contributed by atoms with E-state index in [1.165, 1.54) is 9.80 Å². The minimum atomic E-state index is -0.742. The molecule has 0 saturated carbocycles. The van der Waals surface area contributed by atoms with Crippen LogP contribution in [-0.4, -0.2) is 58.6 Å². The zero-order valence-electron chi connectivity index (χ0n) is 18.2. The van der Waals surface area contributed by atoms with Crippen molar-refractivity contribution in [2.24, 2.45) is 0 Å². The summed E-state index contributed by atoms with van der Waals surface area (Å²) in [7, 11) is 0. The first-order valence-electron chi connectivity index (χ1n) is 11.1. The lowest BCUT2D eigenvalue weighted by Crippen LogP contribution is -2.53. The van der Waals surface area contributed by atoms with Crippen molar-refractivity contribution in [2.45, 2.75) is 31.5 Å². The van der Waals surface area contributed by atoms with Gasteiger partial charge in [0.15, 0.2) is 0 Å². The molecular weight excluding hydrogens is 438 g/mol. The number of amides is 6. The lowest BCUT2D eigenvalue weighted by atomic mass is 10.0. The number of hydrogen-bond acceptors (Lipinski definition) is 5. The Morgan fingerprint density at radius 3 is 2.56 bits per heavy atom. The van der Waals surface area contributed by atoms with Crippen LogP contribution in [0.2, 0.25) is 0 Å². The van der Waals surface area contributed by atoms with Gasteiger partial charge >= 0.3 is 6.03 Å². The number of fused-ring (bicyclic) bond motifs is 1. The SMILES string of the molecule is O=C1CCC(N2Cc3cc(NC(=O)N4CCNC(=O)C4c4ccccc4)ccc3C2=O)C(=O)N1. The van der Waals surface area contributed by atoms with E-state index >= 15 is 0 Å². The summed E-state index contributed by atoms with van der Waals surface area (Å²) in [4.78, 5) is 65.2. The lowest BCUT2D eigenvalue weighted by Gasteiger charge is -2.35. The van der Waals surface area contributed by atoms with Gasteiger partial charge in [-0.1, -0.05) is 30.3 Å². The van der Waals surface area contributed by atoms with E-state index in [-0.39, 0.29) is 37.1 Å². The van der Waals surface area contributed by atoms with Crippen LogP contribution < -0.4 is 16.0 Å². The van der Waals surface area contributed by atoms with E-state index in [1.54, 1.807) is 30.3 Å². The minimum Gasteiger partial charge on any atom is -0.352 e. The number of carbonyl (C=O) groups excluding carboxylic acids is 5. The average molecular weight is 461 g/mol. The molecule has 0 spiro atoms. The van der Waals surface area contributed by atoms with E-state index in [0.717, 1.165) is 0 Å². The van der Waals surface area contributed by atoms with Crippen LogP contribution in [0.15, 0.2) is 48.5 Å². The molecule has 3 N–H and O–H groups in total. The summed E-state index contributed by atoms with van der Waals surface area (Å²) in [5, 5.41) is 7.92. The number of piperidine rings is 1. The summed E-state index contributed by atoms with van der Waals surface area (Å²) >= 11 is 0. The van der Waals surface area contributed by atoms with Crippen LogP contribution in [-0.2, 0) is 20.9 Å². The van der Waals surface area contributed by atoms with Crippen LogP contribution in [0.25, 0.3) is 0 Å². The number of carbonyl (C=O) groups is 5. The molecule has 0 aromatic heterocycles.